The molecule has 0 aliphatic heterocycles. The zero-order valence-electron chi connectivity index (χ0n) is 15.3. The van der Waals surface area contributed by atoms with Gasteiger partial charge in [-0.2, -0.15) is 5.26 Å². The number of nitrogens with one attached hydrogen (secondary N) is 2. The van der Waals surface area contributed by atoms with E-state index in [0.717, 1.165) is 0 Å². The molecule has 0 fully saturated rings. The van der Waals surface area contributed by atoms with Gasteiger partial charge in [0.1, 0.15) is 5.82 Å². The third kappa shape index (κ3) is 6.30. The Morgan fingerprint density at radius 1 is 1.12 bits per heavy atom. The Balaban J connectivity index is 0.00000338. The van der Waals surface area contributed by atoms with Crippen LogP contribution in [-0.2, 0) is 13.1 Å². The van der Waals surface area contributed by atoms with E-state index in [4.69, 9.17) is 5.26 Å². The summed E-state index contributed by atoms with van der Waals surface area (Å²) >= 11 is 0. The molecule has 0 saturated carbocycles. The first kappa shape index (κ1) is 21.9. The first-order chi connectivity index (χ1) is 12.0. The first-order valence-electron chi connectivity index (χ1n) is 8.30. The fraction of sp³-hybridized carbons (Fsp3) is 0.300. The van der Waals surface area contributed by atoms with Crippen LogP contribution in [0.15, 0.2) is 41.4 Å². The quantitative estimate of drug-likeness (QED) is 0.395. The van der Waals surface area contributed by atoms with E-state index < -0.39 is 0 Å². The second-order valence-corrected chi connectivity index (χ2v) is 5.90. The molecule has 6 heteroatoms. The van der Waals surface area contributed by atoms with Crippen molar-refractivity contribution in [1.82, 2.24) is 10.6 Å². The lowest BCUT2D eigenvalue weighted by atomic mass is 10.1. The summed E-state index contributed by atoms with van der Waals surface area (Å²) in [6.45, 7) is 7.64. The molecule has 2 aromatic rings. The largest absolute Gasteiger partial charge is 0.357 e. The fourth-order valence-electron chi connectivity index (χ4n) is 2.49. The molecular formula is C20H24FIN4. The molecule has 138 valence electrons. The van der Waals surface area contributed by atoms with Gasteiger partial charge in [0.25, 0.3) is 0 Å². The van der Waals surface area contributed by atoms with Gasteiger partial charge < -0.3 is 10.6 Å². The van der Waals surface area contributed by atoms with Crippen LogP contribution in [0.2, 0.25) is 0 Å². The van der Waals surface area contributed by atoms with Crippen molar-refractivity contribution in [2.24, 2.45) is 4.99 Å². The van der Waals surface area contributed by atoms with Crippen molar-refractivity contribution in [1.29, 1.82) is 5.26 Å². The Morgan fingerprint density at radius 3 is 2.54 bits per heavy atom. The van der Waals surface area contributed by atoms with E-state index in [1.165, 1.54) is 34.9 Å². The summed E-state index contributed by atoms with van der Waals surface area (Å²) in [5.74, 6) is 0.261. The van der Waals surface area contributed by atoms with Crippen LogP contribution in [-0.4, -0.2) is 12.5 Å². The maximum Gasteiger partial charge on any atom is 0.191 e. The van der Waals surface area contributed by atoms with Crippen molar-refractivity contribution >= 4 is 29.9 Å². The summed E-state index contributed by atoms with van der Waals surface area (Å²) in [5.41, 5.74) is 4.47. The number of aliphatic imine (C=N–C) groups is 1. The Bertz CT molecular complexity index is 812. The van der Waals surface area contributed by atoms with E-state index in [1.807, 2.05) is 13.0 Å². The summed E-state index contributed by atoms with van der Waals surface area (Å²) in [6, 6.07) is 12.6. The average Bonchev–Trinajstić information content (AvgIpc) is 2.59. The van der Waals surface area contributed by atoms with E-state index in [0.29, 0.717) is 30.2 Å². The normalized spacial score (nSPS) is 10.7. The number of hydrogen-bond acceptors (Lipinski definition) is 2. The molecule has 0 aromatic heterocycles. The molecule has 0 amide bonds. The second kappa shape index (κ2) is 10.8. The Hall–Kier alpha value is -2.14. The van der Waals surface area contributed by atoms with Crippen LogP contribution in [0.5, 0.6) is 0 Å². The molecule has 26 heavy (non-hydrogen) atoms. The van der Waals surface area contributed by atoms with Crippen LogP contribution < -0.4 is 10.6 Å². The van der Waals surface area contributed by atoms with Crippen molar-refractivity contribution in [3.05, 3.63) is 70.0 Å². The van der Waals surface area contributed by atoms with E-state index in [9.17, 15) is 4.39 Å². The molecule has 2 N–H and O–H groups in total. The van der Waals surface area contributed by atoms with Gasteiger partial charge in [0.15, 0.2) is 5.96 Å². The van der Waals surface area contributed by atoms with Gasteiger partial charge in [-0.05, 0) is 50.1 Å². The minimum Gasteiger partial charge on any atom is -0.357 e. The van der Waals surface area contributed by atoms with Crippen molar-refractivity contribution < 1.29 is 4.39 Å². The Morgan fingerprint density at radius 2 is 1.88 bits per heavy atom. The van der Waals surface area contributed by atoms with E-state index >= 15 is 0 Å². The first-order valence-corrected chi connectivity index (χ1v) is 8.30. The highest BCUT2D eigenvalue weighted by Gasteiger charge is 2.05. The average molecular weight is 466 g/mol. The van der Waals surface area contributed by atoms with Crippen LogP contribution in [0.1, 0.15) is 34.7 Å². The van der Waals surface area contributed by atoms with E-state index in [-0.39, 0.29) is 36.3 Å². The SMILES string of the molecule is CCNC(=NCc1cc(C#N)ccc1F)NCc1ccc(C)cc1C.I. The maximum atomic E-state index is 13.9. The van der Waals surface area contributed by atoms with Crippen LogP contribution >= 0.6 is 24.0 Å². The molecule has 2 rings (SSSR count). The third-order valence-corrected chi connectivity index (χ3v) is 3.87. The highest BCUT2D eigenvalue weighted by molar-refractivity contribution is 14.0. The molecule has 0 radical (unpaired) electrons. The van der Waals surface area contributed by atoms with Gasteiger partial charge in [0, 0.05) is 18.7 Å². The molecule has 0 unspecified atom stereocenters. The standard InChI is InChI=1S/C20H23FN4.HI/c1-4-23-20(24-12-17-7-5-14(2)9-15(17)3)25-13-18-10-16(11-22)6-8-19(18)21;/h5-10H,4,12-13H2,1-3H3,(H2,23,24,25);1H. The molecule has 0 aliphatic carbocycles. The summed E-state index contributed by atoms with van der Waals surface area (Å²) in [6.07, 6.45) is 0. The number of halogens is 2. The molecular weight excluding hydrogens is 442 g/mol. The van der Waals surface area contributed by atoms with Gasteiger partial charge >= 0.3 is 0 Å². The number of aryl methyl sites for hydroxylation is 2. The Kier molecular flexibility index (Phi) is 9.07. The molecule has 0 atom stereocenters. The summed E-state index contributed by atoms with van der Waals surface area (Å²) in [4.78, 5) is 4.43. The zero-order valence-corrected chi connectivity index (χ0v) is 17.6. The molecule has 4 nitrogen and oxygen atoms in total. The van der Waals surface area contributed by atoms with Gasteiger partial charge in [0.05, 0.1) is 18.2 Å². The van der Waals surface area contributed by atoms with Gasteiger partial charge in [-0.15, -0.1) is 24.0 Å². The van der Waals surface area contributed by atoms with Crippen molar-refractivity contribution in [3.8, 4) is 6.07 Å². The van der Waals surface area contributed by atoms with Gasteiger partial charge in [-0.3, -0.25) is 0 Å². The fourth-order valence-corrected chi connectivity index (χ4v) is 2.49. The molecule has 0 spiro atoms. The number of hydrogen-bond donors (Lipinski definition) is 2. The van der Waals surface area contributed by atoms with Crippen LogP contribution in [0.4, 0.5) is 4.39 Å². The van der Waals surface area contributed by atoms with Crippen molar-refractivity contribution in [3.63, 3.8) is 0 Å². The van der Waals surface area contributed by atoms with Crippen molar-refractivity contribution in [2.45, 2.75) is 33.9 Å². The highest BCUT2D eigenvalue weighted by Crippen LogP contribution is 2.12. The van der Waals surface area contributed by atoms with Crippen LogP contribution in [0.3, 0.4) is 0 Å². The van der Waals surface area contributed by atoms with Gasteiger partial charge in [0.2, 0.25) is 0 Å². The smallest absolute Gasteiger partial charge is 0.191 e. The van der Waals surface area contributed by atoms with Crippen LogP contribution in [0.25, 0.3) is 0 Å². The molecule has 0 aliphatic rings. The molecule has 2 aromatic carbocycles. The second-order valence-electron chi connectivity index (χ2n) is 5.90. The monoisotopic (exact) mass is 466 g/mol. The van der Waals surface area contributed by atoms with Gasteiger partial charge in [-0.1, -0.05) is 23.8 Å². The highest BCUT2D eigenvalue weighted by atomic mass is 127. The lowest BCUT2D eigenvalue weighted by Crippen LogP contribution is -2.37. The molecule has 0 heterocycles. The molecule has 0 bridgehead atoms. The summed E-state index contributed by atoms with van der Waals surface area (Å²) in [7, 11) is 0. The third-order valence-electron chi connectivity index (χ3n) is 3.87. The van der Waals surface area contributed by atoms with Crippen LogP contribution in [0, 0.1) is 31.0 Å². The predicted octanol–water partition coefficient (Wildman–Crippen LogP) is 4.19. The number of benzene rings is 2. The number of nitrogens with zero attached hydrogens (tertiary/aromatic N) is 2. The van der Waals surface area contributed by atoms with Gasteiger partial charge in [-0.25, -0.2) is 9.38 Å². The Labute approximate surface area is 171 Å². The zero-order chi connectivity index (χ0) is 18.2. The number of guanidine groups is 1. The topological polar surface area (TPSA) is 60.2 Å². The lowest BCUT2D eigenvalue weighted by Gasteiger charge is -2.13. The predicted molar refractivity (Wildman–Crippen MR) is 114 cm³/mol. The van der Waals surface area contributed by atoms with E-state index in [2.05, 4.69) is 47.7 Å². The van der Waals surface area contributed by atoms with Crippen molar-refractivity contribution in [2.75, 3.05) is 6.54 Å². The summed E-state index contributed by atoms with van der Waals surface area (Å²) < 4.78 is 13.9. The maximum absolute atomic E-state index is 13.9. The molecule has 0 saturated heterocycles. The summed E-state index contributed by atoms with van der Waals surface area (Å²) in [5, 5.41) is 15.4. The minimum absolute atomic E-state index is 0. The van der Waals surface area contributed by atoms with E-state index in [1.54, 1.807) is 0 Å². The number of rotatable bonds is 5. The minimum atomic E-state index is -0.354. The lowest BCUT2D eigenvalue weighted by molar-refractivity contribution is 0.610. The number of nitriles is 1.